The van der Waals surface area contributed by atoms with Gasteiger partial charge in [-0.3, -0.25) is 34.4 Å². The summed E-state index contributed by atoms with van der Waals surface area (Å²) >= 11 is 0. The molecule has 0 spiro atoms. The van der Waals surface area contributed by atoms with Crippen LogP contribution in [0.3, 0.4) is 0 Å². The third-order valence-electron chi connectivity index (χ3n) is 6.67. The van der Waals surface area contributed by atoms with E-state index in [2.05, 4.69) is 36.5 Å². The van der Waals surface area contributed by atoms with E-state index >= 15 is 0 Å². The van der Waals surface area contributed by atoms with Gasteiger partial charge in [0.25, 0.3) is 5.91 Å². The molecule has 3 heterocycles. The van der Waals surface area contributed by atoms with Crippen molar-refractivity contribution in [2.75, 3.05) is 13.1 Å². The van der Waals surface area contributed by atoms with Crippen molar-refractivity contribution in [2.24, 2.45) is 16.5 Å². The van der Waals surface area contributed by atoms with Gasteiger partial charge in [0.2, 0.25) is 23.6 Å². The van der Waals surface area contributed by atoms with Crippen LogP contribution in [0.5, 0.6) is 0 Å². The lowest BCUT2D eigenvalue weighted by molar-refractivity contribution is -0.139. The maximum absolute atomic E-state index is 13.4. The minimum absolute atomic E-state index is 0.0702. The summed E-state index contributed by atoms with van der Waals surface area (Å²) in [4.78, 5) is 69.2. The zero-order chi connectivity index (χ0) is 29.4. The van der Waals surface area contributed by atoms with E-state index in [4.69, 9.17) is 15.9 Å². The van der Waals surface area contributed by atoms with Crippen molar-refractivity contribution in [3.05, 3.63) is 11.8 Å². The van der Waals surface area contributed by atoms with Gasteiger partial charge < -0.3 is 36.9 Å². The van der Waals surface area contributed by atoms with Gasteiger partial charge in [0.05, 0.1) is 18.5 Å². The van der Waals surface area contributed by atoms with Crippen molar-refractivity contribution >= 4 is 35.7 Å². The third-order valence-corrected chi connectivity index (χ3v) is 6.67. The summed E-state index contributed by atoms with van der Waals surface area (Å²) in [6.07, 6.45) is 1.41. The van der Waals surface area contributed by atoms with Crippen LogP contribution in [0.1, 0.15) is 76.2 Å². The second kappa shape index (κ2) is 13.7. The largest absolute Gasteiger partial charge is 0.481 e. The Bertz CT molecular complexity index is 1130. The summed E-state index contributed by atoms with van der Waals surface area (Å²) in [5.41, 5.74) is 10.7. The first-order chi connectivity index (χ1) is 19.0. The first kappa shape index (κ1) is 30.3. The van der Waals surface area contributed by atoms with Crippen LogP contribution in [0, 0.1) is 0 Å². The number of rotatable bonds is 7. The molecular weight excluding hydrogens is 528 g/mol. The number of aliphatic imine (C=N–C) groups is 1. The standard InChI is InChI=1S/C23H36N10O7/c1-3-14-21-32-31-20(40-21)11(2)27-18(37)13(10-16(34)35)29-23(39)30-17(36)12(6-4-8-26-22(24)25)28-19(38)15-7-5-9-33(14)15/h11-15H,3-10H2,1-2H3,(H,27,37)(H,28,38)(H,34,35)(H4,24,25,26)(H2,29,30,36,39)/t11-,12-,13+,14?,15-/m0/s1. The van der Waals surface area contributed by atoms with Gasteiger partial charge in [0.15, 0.2) is 5.96 Å². The molecule has 1 saturated heterocycles. The number of fused-ring (bicyclic) bond motifs is 3. The molecule has 220 valence electrons. The van der Waals surface area contributed by atoms with Crippen LogP contribution in [0.25, 0.3) is 0 Å². The minimum Gasteiger partial charge on any atom is -0.481 e. The fraction of sp³-hybridized carbons (Fsp3) is 0.652. The number of nitrogens with one attached hydrogen (secondary N) is 4. The molecule has 2 aliphatic rings. The van der Waals surface area contributed by atoms with Crippen LogP contribution in [-0.4, -0.2) is 87.1 Å². The van der Waals surface area contributed by atoms with Gasteiger partial charge >= 0.3 is 12.0 Å². The van der Waals surface area contributed by atoms with Crippen molar-refractivity contribution in [1.82, 2.24) is 36.4 Å². The van der Waals surface area contributed by atoms with Gasteiger partial charge in [0.1, 0.15) is 18.1 Å². The Kier molecular flexibility index (Phi) is 10.4. The number of aliphatic carboxylic acids is 1. The maximum Gasteiger partial charge on any atom is 0.322 e. The Morgan fingerprint density at radius 2 is 1.80 bits per heavy atom. The van der Waals surface area contributed by atoms with Crippen LogP contribution in [0.4, 0.5) is 4.79 Å². The van der Waals surface area contributed by atoms with E-state index in [-0.39, 0.29) is 30.7 Å². The molecule has 1 aromatic heterocycles. The number of carbonyl (C=O) groups excluding carboxylic acids is 4. The summed E-state index contributed by atoms with van der Waals surface area (Å²) in [6, 6.07) is -5.62. The number of guanidine groups is 1. The lowest BCUT2D eigenvalue weighted by Crippen LogP contribution is -2.57. The van der Waals surface area contributed by atoms with E-state index in [0.717, 1.165) is 6.42 Å². The maximum atomic E-state index is 13.4. The summed E-state index contributed by atoms with van der Waals surface area (Å²) in [6.45, 7) is 4.22. The van der Waals surface area contributed by atoms with Gasteiger partial charge in [-0.25, -0.2) is 4.79 Å². The van der Waals surface area contributed by atoms with Crippen molar-refractivity contribution in [2.45, 2.75) is 82.6 Å². The zero-order valence-electron chi connectivity index (χ0n) is 22.4. The molecule has 5 atom stereocenters. The average molecular weight is 565 g/mol. The first-order valence-electron chi connectivity index (χ1n) is 13.1. The van der Waals surface area contributed by atoms with Crippen LogP contribution in [0.2, 0.25) is 0 Å². The molecule has 5 amide bonds. The van der Waals surface area contributed by atoms with Gasteiger partial charge in [-0.2, -0.15) is 0 Å². The van der Waals surface area contributed by atoms with Gasteiger partial charge in [-0.15, -0.1) is 10.2 Å². The topological polar surface area (TPSA) is 260 Å². The van der Waals surface area contributed by atoms with E-state index in [1.807, 2.05) is 11.8 Å². The van der Waals surface area contributed by atoms with Gasteiger partial charge in [0, 0.05) is 6.54 Å². The van der Waals surface area contributed by atoms with E-state index in [1.165, 1.54) is 0 Å². The molecule has 2 bridgehead atoms. The van der Waals surface area contributed by atoms with Gasteiger partial charge in [-0.1, -0.05) is 6.92 Å². The van der Waals surface area contributed by atoms with E-state index in [9.17, 15) is 29.1 Å². The highest BCUT2D eigenvalue weighted by Gasteiger charge is 2.39. The molecule has 40 heavy (non-hydrogen) atoms. The van der Waals surface area contributed by atoms with Crippen molar-refractivity contribution < 1.29 is 33.5 Å². The van der Waals surface area contributed by atoms with Crippen LogP contribution in [0.15, 0.2) is 9.41 Å². The lowest BCUT2D eigenvalue weighted by atomic mass is 10.1. The molecule has 0 aliphatic carbocycles. The fourth-order valence-corrected chi connectivity index (χ4v) is 4.74. The number of carboxylic acid groups (broad SMARTS) is 1. The number of nitrogens with zero attached hydrogens (tertiary/aromatic N) is 4. The Morgan fingerprint density at radius 3 is 2.48 bits per heavy atom. The minimum atomic E-state index is -1.53. The van der Waals surface area contributed by atoms with Crippen molar-refractivity contribution in [1.29, 1.82) is 0 Å². The number of carbonyl (C=O) groups is 5. The number of hydrogen-bond acceptors (Lipinski definition) is 10. The van der Waals surface area contributed by atoms with Crippen LogP contribution in [-0.2, 0) is 19.2 Å². The first-order valence-corrected chi connectivity index (χ1v) is 13.1. The zero-order valence-corrected chi connectivity index (χ0v) is 22.4. The van der Waals surface area contributed by atoms with Crippen molar-refractivity contribution in [3.8, 4) is 0 Å². The quantitative estimate of drug-likeness (QED) is 0.112. The Morgan fingerprint density at radius 1 is 1.07 bits per heavy atom. The molecule has 17 nitrogen and oxygen atoms in total. The van der Waals surface area contributed by atoms with Crippen molar-refractivity contribution in [3.63, 3.8) is 0 Å². The summed E-state index contributed by atoms with van der Waals surface area (Å²) < 4.78 is 5.86. The highest BCUT2D eigenvalue weighted by atomic mass is 16.4. The highest BCUT2D eigenvalue weighted by Crippen LogP contribution is 2.32. The molecule has 0 aromatic carbocycles. The third kappa shape index (κ3) is 7.87. The molecule has 0 radical (unpaired) electrons. The molecule has 2 aliphatic heterocycles. The SMILES string of the molecule is CCC1c2nnc(o2)[C@H](C)NC(=O)[C@@H](CC(=O)O)NC(=O)NC(=O)[C@H](CCCN=C(N)N)NC(=O)[C@@H]2CCCN12. The summed E-state index contributed by atoms with van der Waals surface area (Å²) in [5, 5.41) is 27.0. The second-order valence-electron chi connectivity index (χ2n) is 9.65. The normalized spacial score (nSPS) is 26.5. The number of carboxylic acids is 1. The Hall–Kier alpha value is -4.28. The average Bonchev–Trinajstić information content (AvgIpc) is 3.56. The highest BCUT2D eigenvalue weighted by molar-refractivity contribution is 6.00. The lowest BCUT2D eigenvalue weighted by Gasteiger charge is -2.30. The second-order valence-corrected chi connectivity index (χ2v) is 9.65. The van der Waals surface area contributed by atoms with E-state index < -0.39 is 66.4 Å². The Balaban J connectivity index is 1.94. The smallest absolute Gasteiger partial charge is 0.322 e. The summed E-state index contributed by atoms with van der Waals surface area (Å²) in [7, 11) is 0. The number of aromatic nitrogens is 2. The van der Waals surface area contributed by atoms with E-state index in [1.54, 1.807) is 6.92 Å². The number of nitrogens with two attached hydrogens (primary N) is 2. The predicted octanol–water partition coefficient (Wildman–Crippen LogP) is -1.62. The predicted molar refractivity (Wildman–Crippen MR) is 138 cm³/mol. The number of amides is 5. The molecule has 1 unspecified atom stereocenters. The van der Waals surface area contributed by atoms with Crippen LogP contribution >= 0.6 is 0 Å². The Labute approximate surface area is 229 Å². The molecule has 9 N–H and O–H groups in total. The molecule has 1 fully saturated rings. The molecule has 0 saturated carbocycles. The number of hydrogen-bond donors (Lipinski definition) is 7. The van der Waals surface area contributed by atoms with Crippen LogP contribution < -0.4 is 32.7 Å². The molecule has 1 aromatic rings. The van der Waals surface area contributed by atoms with Gasteiger partial charge in [-0.05, 0) is 45.6 Å². The monoisotopic (exact) mass is 564 g/mol. The fourth-order valence-electron chi connectivity index (χ4n) is 4.74. The molecule has 3 rings (SSSR count). The number of imide groups is 1. The van der Waals surface area contributed by atoms with E-state index in [0.29, 0.717) is 25.8 Å². The number of urea groups is 1. The summed E-state index contributed by atoms with van der Waals surface area (Å²) in [5.74, 6) is -3.27. The molecular formula is C23H36N10O7. The molecule has 17 heteroatoms.